The smallest absolute Gasteiger partial charge is 0.338 e. The zero-order valence-electron chi connectivity index (χ0n) is 23.0. The van der Waals surface area contributed by atoms with Crippen LogP contribution in [0.1, 0.15) is 60.5 Å². The van der Waals surface area contributed by atoms with Crippen LogP contribution in [0, 0.1) is 13.8 Å². The zero-order chi connectivity index (χ0) is 28.1. The minimum Gasteiger partial charge on any atom is -0.462 e. The van der Waals surface area contributed by atoms with Crippen LogP contribution in [0.4, 0.5) is 10.5 Å². The first kappa shape index (κ1) is 27.6. The molecule has 1 unspecified atom stereocenters. The molecular formula is C31H34N4O4. The lowest BCUT2D eigenvalue weighted by atomic mass is 10.1. The molecule has 1 heterocycles. The maximum atomic E-state index is 13.8. The van der Waals surface area contributed by atoms with Crippen molar-refractivity contribution in [3.8, 4) is 5.69 Å². The van der Waals surface area contributed by atoms with Crippen molar-refractivity contribution in [1.29, 1.82) is 0 Å². The van der Waals surface area contributed by atoms with Crippen LogP contribution in [-0.2, 0) is 4.74 Å². The highest BCUT2D eigenvalue weighted by molar-refractivity contribution is 5.92. The summed E-state index contributed by atoms with van der Waals surface area (Å²) < 4.78 is 6.65. The van der Waals surface area contributed by atoms with E-state index in [-0.39, 0.29) is 18.2 Å². The van der Waals surface area contributed by atoms with Crippen molar-refractivity contribution < 1.29 is 14.3 Å². The topological polar surface area (TPSA) is 93.5 Å². The normalized spacial score (nSPS) is 11.7. The SMILES string of the molecule is CCCN(C(=O)Nc1ccc(C(=O)OCC)cc1)C(C)c1nc2ccccc2c(=O)n1-c1ccc(C)c(C)c1. The van der Waals surface area contributed by atoms with E-state index in [2.05, 4.69) is 5.32 Å². The number of aryl methyl sites for hydroxylation is 2. The minimum absolute atomic E-state index is 0.183. The van der Waals surface area contributed by atoms with Gasteiger partial charge >= 0.3 is 12.0 Å². The van der Waals surface area contributed by atoms with Gasteiger partial charge in [-0.3, -0.25) is 9.36 Å². The number of nitrogens with one attached hydrogen (secondary N) is 1. The van der Waals surface area contributed by atoms with Crippen LogP contribution in [0.15, 0.2) is 71.5 Å². The van der Waals surface area contributed by atoms with Crippen LogP contribution in [0.25, 0.3) is 16.6 Å². The van der Waals surface area contributed by atoms with E-state index in [1.807, 2.05) is 64.1 Å². The molecule has 202 valence electrons. The average Bonchev–Trinajstić information content (AvgIpc) is 2.93. The number of urea groups is 1. The van der Waals surface area contributed by atoms with E-state index >= 15 is 0 Å². The van der Waals surface area contributed by atoms with Gasteiger partial charge in [0.1, 0.15) is 5.82 Å². The Labute approximate surface area is 228 Å². The summed E-state index contributed by atoms with van der Waals surface area (Å²) in [5.74, 6) is 0.0616. The van der Waals surface area contributed by atoms with E-state index in [0.717, 1.165) is 11.1 Å². The van der Waals surface area contributed by atoms with Gasteiger partial charge in [0.2, 0.25) is 0 Å². The van der Waals surface area contributed by atoms with Gasteiger partial charge < -0.3 is 15.0 Å². The predicted molar refractivity (Wildman–Crippen MR) is 154 cm³/mol. The Hall–Kier alpha value is -4.46. The third-order valence-electron chi connectivity index (χ3n) is 6.76. The number of fused-ring (bicyclic) bond motifs is 1. The van der Waals surface area contributed by atoms with Gasteiger partial charge in [-0.05, 0) is 93.8 Å². The molecule has 8 nitrogen and oxygen atoms in total. The second kappa shape index (κ2) is 11.9. The molecule has 4 rings (SSSR count). The second-order valence-corrected chi connectivity index (χ2v) is 9.49. The first-order valence-corrected chi connectivity index (χ1v) is 13.2. The van der Waals surface area contributed by atoms with E-state index in [4.69, 9.17) is 9.72 Å². The molecule has 1 N–H and O–H groups in total. The summed E-state index contributed by atoms with van der Waals surface area (Å²) in [6, 6.07) is 18.8. The fourth-order valence-electron chi connectivity index (χ4n) is 4.50. The van der Waals surface area contributed by atoms with E-state index in [1.165, 1.54) is 0 Å². The average molecular weight is 527 g/mol. The number of anilines is 1. The number of hydrogen-bond donors (Lipinski definition) is 1. The summed E-state index contributed by atoms with van der Waals surface area (Å²) in [7, 11) is 0. The number of esters is 1. The molecule has 0 aliphatic heterocycles. The van der Waals surface area contributed by atoms with Crippen molar-refractivity contribution in [2.45, 2.75) is 47.1 Å². The summed E-state index contributed by atoms with van der Waals surface area (Å²) in [5.41, 5.74) is 4.23. The maximum Gasteiger partial charge on any atom is 0.338 e. The van der Waals surface area contributed by atoms with E-state index in [0.29, 0.717) is 46.6 Å². The second-order valence-electron chi connectivity index (χ2n) is 9.49. The third kappa shape index (κ3) is 5.85. The van der Waals surface area contributed by atoms with Crippen molar-refractivity contribution in [3.05, 3.63) is 99.6 Å². The van der Waals surface area contributed by atoms with Crippen LogP contribution >= 0.6 is 0 Å². The number of carbonyl (C=O) groups excluding carboxylic acids is 2. The number of carbonyl (C=O) groups is 2. The first-order valence-electron chi connectivity index (χ1n) is 13.2. The third-order valence-corrected chi connectivity index (χ3v) is 6.76. The molecule has 39 heavy (non-hydrogen) atoms. The lowest BCUT2D eigenvalue weighted by Gasteiger charge is -2.30. The summed E-state index contributed by atoms with van der Waals surface area (Å²) in [4.78, 5) is 45.9. The van der Waals surface area contributed by atoms with Gasteiger partial charge in [-0.1, -0.05) is 25.1 Å². The molecule has 1 aromatic heterocycles. The molecule has 0 bridgehead atoms. The largest absolute Gasteiger partial charge is 0.462 e. The van der Waals surface area contributed by atoms with Crippen LogP contribution in [0.2, 0.25) is 0 Å². The first-order chi connectivity index (χ1) is 18.7. The van der Waals surface area contributed by atoms with E-state index in [9.17, 15) is 14.4 Å². The van der Waals surface area contributed by atoms with E-state index in [1.54, 1.807) is 46.7 Å². The zero-order valence-corrected chi connectivity index (χ0v) is 23.0. The van der Waals surface area contributed by atoms with Crippen molar-refractivity contribution in [3.63, 3.8) is 0 Å². The summed E-state index contributed by atoms with van der Waals surface area (Å²) >= 11 is 0. The van der Waals surface area contributed by atoms with Crippen LogP contribution in [0.5, 0.6) is 0 Å². The van der Waals surface area contributed by atoms with Gasteiger partial charge in [0.05, 0.1) is 34.8 Å². The number of hydrogen-bond acceptors (Lipinski definition) is 5. The summed E-state index contributed by atoms with van der Waals surface area (Å²) in [6.45, 7) is 10.4. The lowest BCUT2D eigenvalue weighted by Crippen LogP contribution is -2.40. The predicted octanol–water partition coefficient (Wildman–Crippen LogP) is 6.18. The number of benzene rings is 3. The molecule has 0 fully saturated rings. The quantitative estimate of drug-likeness (QED) is 0.277. The van der Waals surface area contributed by atoms with Gasteiger partial charge in [0, 0.05) is 12.2 Å². The fraction of sp³-hybridized carbons (Fsp3) is 0.290. The molecule has 0 saturated heterocycles. The fourth-order valence-corrected chi connectivity index (χ4v) is 4.50. The van der Waals surface area contributed by atoms with Crippen molar-refractivity contribution in [2.24, 2.45) is 0 Å². The molecule has 0 radical (unpaired) electrons. The Morgan fingerprint density at radius 1 is 1.00 bits per heavy atom. The number of para-hydroxylation sites is 1. The number of ether oxygens (including phenoxy) is 1. The van der Waals surface area contributed by atoms with Crippen molar-refractivity contribution >= 4 is 28.6 Å². The molecule has 0 saturated carbocycles. The van der Waals surface area contributed by atoms with Crippen molar-refractivity contribution in [1.82, 2.24) is 14.5 Å². The molecule has 0 aliphatic rings. The molecule has 4 aromatic rings. The highest BCUT2D eigenvalue weighted by Gasteiger charge is 2.27. The van der Waals surface area contributed by atoms with E-state index < -0.39 is 12.0 Å². The molecule has 8 heteroatoms. The minimum atomic E-state index is -0.525. The summed E-state index contributed by atoms with van der Waals surface area (Å²) in [5, 5.41) is 3.44. The summed E-state index contributed by atoms with van der Waals surface area (Å²) in [6.07, 6.45) is 0.709. The van der Waals surface area contributed by atoms with Crippen LogP contribution < -0.4 is 10.9 Å². The van der Waals surface area contributed by atoms with Crippen LogP contribution in [0.3, 0.4) is 0 Å². The lowest BCUT2D eigenvalue weighted by molar-refractivity contribution is 0.0526. The standard InChI is InChI=1S/C31H34N4O4/c1-6-18-34(31(38)32-24-15-13-23(14-16-24)30(37)39-7-2)22(5)28-33-27-11-9-8-10-26(27)29(36)35(28)25-17-12-20(3)21(4)19-25/h8-17,19,22H,6-7,18H2,1-5H3,(H,32,38). The highest BCUT2D eigenvalue weighted by Crippen LogP contribution is 2.25. The van der Waals surface area contributed by atoms with Gasteiger partial charge in [-0.15, -0.1) is 0 Å². The van der Waals surface area contributed by atoms with Crippen molar-refractivity contribution in [2.75, 3.05) is 18.5 Å². The van der Waals surface area contributed by atoms with Gasteiger partial charge in [-0.2, -0.15) is 0 Å². The Bertz CT molecular complexity index is 1560. The van der Waals surface area contributed by atoms with Gasteiger partial charge in [0.15, 0.2) is 0 Å². The molecule has 3 aromatic carbocycles. The molecule has 1 atom stereocenters. The number of aromatic nitrogens is 2. The molecule has 0 spiro atoms. The number of rotatable bonds is 8. The van der Waals surface area contributed by atoms with Gasteiger partial charge in [0.25, 0.3) is 5.56 Å². The van der Waals surface area contributed by atoms with Gasteiger partial charge in [-0.25, -0.2) is 14.6 Å². The molecule has 0 aliphatic carbocycles. The molecular weight excluding hydrogens is 492 g/mol. The Balaban J connectivity index is 1.74. The Kier molecular flexibility index (Phi) is 8.44. The highest BCUT2D eigenvalue weighted by atomic mass is 16.5. The monoisotopic (exact) mass is 526 g/mol. The van der Waals surface area contributed by atoms with Crippen LogP contribution in [-0.4, -0.2) is 39.6 Å². The number of nitrogens with zero attached hydrogens (tertiary/aromatic N) is 3. The Morgan fingerprint density at radius 2 is 1.72 bits per heavy atom. The maximum absolute atomic E-state index is 13.8. The number of amides is 2. The molecule has 2 amide bonds. The Morgan fingerprint density at radius 3 is 2.38 bits per heavy atom.